The van der Waals surface area contributed by atoms with Gasteiger partial charge in [-0.3, -0.25) is 0 Å². The van der Waals surface area contributed by atoms with E-state index >= 15 is 0 Å². The van der Waals surface area contributed by atoms with Gasteiger partial charge in [0, 0.05) is 24.3 Å². The van der Waals surface area contributed by atoms with Crippen molar-refractivity contribution in [2.45, 2.75) is 59.0 Å². The summed E-state index contributed by atoms with van der Waals surface area (Å²) in [6.45, 7) is 10.2. The van der Waals surface area contributed by atoms with Crippen molar-refractivity contribution in [2.24, 2.45) is 0 Å². The average molecular weight is 278 g/mol. The lowest BCUT2D eigenvalue weighted by atomic mass is 10.0. The second-order valence-corrected chi connectivity index (χ2v) is 5.86. The van der Waals surface area contributed by atoms with E-state index in [-0.39, 0.29) is 11.9 Å². The van der Waals surface area contributed by atoms with E-state index in [1.54, 1.807) is 6.07 Å². The zero-order chi connectivity index (χ0) is 14.7. The zero-order valence-corrected chi connectivity index (χ0v) is 13.2. The van der Waals surface area contributed by atoms with Gasteiger partial charge in [-0.2, -0.15) is 0 Å². The summed E-state index contributed by atoms with van der Waals surface area (Å²) in [5.41, 5.74) is 3.06. The van der Waals surface area contributed by atoms with Crippen molar-refractivity contribution in [2.75, 3.05) is 18.0 Å². The van der Waals surface area contributed by atoms with Crippen LogP contribution >= 0.6 is 0 Å². The molecule has 1 aliphatic carbocycles. The Labute approximate surface area is 122 Å². The number of rotatable bonds is 7. The molecule has 0 radical (unpaired) electrons. The highest BCUT2D eigenvalue weighted by Gasteiger charge is 2.31. The van der Waals surface area contributed by atoms with Gasteiger partial charge in [0.2, 0.25) is 0 Å². The number of nitrogens with one attached hydrogen (secondary N) is 1. The van der Waals surface area contributed by atoms with Gasteiger partial charge >= 0.3 is 0 Å². The maximum absolute atomic E-state index is 14.0. The lowest BCUT2D eigenvalue weighted by Crippen LogP contribution is -2.29. The van der Waals surface area contributed by atoms with Crippen molar-refractivity contribution >= 4 is 5.69 Å². The molecule has 20 heavy (non-hydrogen) atoms. The van der Waals surface area contributed by atoms with Crippen molar-refractivity contribution in [3.63, 3.8) is 0 Å². The predicted octanol–water partition coefficient (Wildman–Crippen LogP) is 4.18. The molecule has 112 valence electrons. The summed E-state index contributed by atoms with van der Waals surface area (Å²) in [6.07, 6.45) is 3.67. The first kappa shape index (κ1) is 15.3. The Bertz CT molecular complexity index is 455. The monoisotopic (exact) mass is 278 g/mol. The number of hydrogen-bond donors (Lipinski definition) is 1. The number of hydrogen-bond acceptors (Lipinski definition) is 2. The van der Waals surface area contributed by atoms with E-state index in [0.717, 1.165) is 30.6 Å². The third kappa shape index (κ3) is 3.32. The molecule has 1 unspecified atom stereocenters. The fourth-order valence-corrected chi connectivity index (χ4v) is 2.82. The van der Waals surface area contributed by atoms with Gasteiger partial charge in [-0.1, -0.05) is 13.8 Å². The molecule has 2 rings (SSSR count). The summed E-state index contributed by atoms with van der Waals surface area (Å²) in [7, 11) is 0. The highest BCUT2D eigenvalue weighted by atomic mass is 19.1. The highest BCUT2D eigenvalue weighted by Crippen LogP contribution is 2.37. The van der Waals surface area contributed by atoms with Gasteiger partial charge in [-0.05, 0) is 62.9 Å². The van der Waals surface area contributed by atoms with E-state index in [1.165, 1.54) is 18.5 Å². The third-order valence-electron chi connectivity index (χ3n) is 4.05. The molecule has 0 spiro atoms. The summed E-state index contributed by atoms with van der Waals surface area (Å²) in [5.74, 6) is -0.0965. The molecule has 0 aliphatic heterocycles. The van der Waals surface area contributed by atoms with Crippen LogP contribution in [0.25, 0.3) is 0 Å². The molecule has 1 aromatic carbocycles. The maximum atomic E-state index is 14.0. The first-order valence-electron chi connectivity index (χ1n) is 7.88. The molecule has 2 nitrogen and oxygen atoms in total. The molecule has 1 fully saturated rings. The topological polar surface area (TPSA) is 15.3 Å². The van der Waals surface area contributed by atoms with Crippen LogP contribution in [0.1, 0.15) is 57.2 Å². The minimum atomic E-state index is -0.0965. The van der Waals surface area contributed by atoms with Crippen LogP contribution in [0.3, 0.4) is 0 Å². The van der Waals surface area contributed by atoms with Crippen LogP contribution in [-0.2, 0) is 0 Å². The summed E-state index contributed by atoms with van der Waals surface area (Å²) in [5, 5.41) is 3.41. The van der Waals surface area contributed by atoms with Gasteiger partial charge < -0.3 is 10.2 Å². The fraction of sp³-hybridized carbons (Fsp3) is 0.647. The van der Waals surface area contributed by atoms with E-state index in [9.17, 15) is 4.39 Å². The normalized spacial score (nSPS) is 16.2. The lowest BCUT2D eigenvalue weighted by Gasteiger charge is -2.29. The van der Waals surface area contributed by atoms with Crippen molar-refractivity contribution in [3.8, 4) is 0 Å². The second-order valence-electron chi connectivity index (χ2n) is 5.86. The number of anilines is 1. The molecule has 1 saturated carbocycles. The Hall–Kier alpha value is -1.09. The quantitative estimate of drug-likeness (QED) is 0.804. The second kappa shape index (κ2) is 6.57. The Kier molecular flexibility index (Phi) is 5.03. The van der Waals surface area contributed by atoms with Crippen LogP contribution < -0.4 is 10.2 Å². The van der Waals surface area contributed by atoms with Crippen molar-refractivity contribution in [1.82, 2.24) is 5.32 Å². The van der Waals surface area contributed by atoms with Crippen LogP contribution in [0, 0.1) is 12.7 Å². The van der Waals surface area contributed by atoms with Crippen LogP contribution in [0.2, 0.25) is 0 Å². The highest BCUT2D eigenvalue weighted by molar-refractivity contribution is 5.58. The van der Waals surface area contributed by atoms with Gasteiger partial charge in [0.25, 0.3) is 0 Å². The minimum absolute atomic E-state index is 0.0965. The first-order chi connectivity index (χ1) is 9.58. The SMILES string of the molecule is CCCN(c1cc(C)c(F)cc1C(C)NCC)C1CC1. The predicted molar refractivity (Wildman–Crippen MR) is 83.9 cm³/mol. The first-order valence-corrected chi connectivity index (χ1v) is 7.88. The van der Waals surface area contributed by atoms with Gasteiger partial charge in [0.1, 0.15) is 5.82 Å². The number of benzene rings is 1. The summed E-state index contributed by atoms with van der Waals surface area (Å²) >= 11 is 0. The molecule has 0 bridgehead atoms. The van der Waals surface area contributed by atoms with Crippen LogP contribution in [-0.4, -0.2) is 19.1 Å². The van der Waals surface area contributed by atoms with E-state index < -0.39 is 0 Å². The van der Waals surface area contributed by atoms with Crippen LogP contribution in [0.4, 0.5) is 10.1 Å². The van der Waals surface area contributed by atoms with E-state index in [4.69, 9.17) is 0 Å². The maximum Gasteiger partial charge on any atom is 0.126 e. The van der Waals surface area contributed by atoms with Crippen LogP contribution in [0.5, 0.6) is 0 Å². The van der Waals surface area contributed by atoms with E-state index in [0.29, 0.717) is 6.04 Å². The number of nitrogens with zero attached hydrogens (tertiary/aromatic N) is 1. The average Bonchev–Trinajstić information content (AvgIpc) is 3.23. The van der Waals surface area contributed by atoms with Gasteiger partial charge in [-0.25, -0.2) is 4.39 Å². The summed E-state index contributed by atoms with van der Waals surface area (Å²) < 4.78 is 14.0. The third-order valence-corrected chi connectivity index (χ3v) is 4.05. The van der Waals surface area contributed by atoms with Crippen molar-refractivity contribution < 1.29 is 4.39 Å². The Morgan fingerprint density at radius 1 is 1.35 bits per heavy atom. The van der Waals surface area contributed by atoms with Gasteiger partial charge in [0.05, 0.1) is 0 Å². The lowest BCUT2D eigenvalue weighted by molar-refractivity contribution is 0.576. The molecule has 0 heterocycles. The van der Waals surface area contributed by atoms with Crippen molar-refractivity contribution in [1.29, 1.82) is 0 Å². The molecule has 1 N–H and O–H groups in total. The molecule has 0 saturated heterocycles. The van der Waals surface area contributed by atoms with E-state index in [2.05, 4.69) is 31.0 Å². The number of halogens is 1. The smallest absolute Gasteiger partial charge is 0.126 e. The minimum Gasteiger partial charge on any atom is -0.368 e. The molecule has 1 aromatic rings. The molecular formula is C17H27FN2. The fourth-order valence-electron chi connectivity index (χ4n) is 2.82. The standard InChI is InChI=1S/C17H27FN2/c1-5-9-20(14-7-8-14)17-10-12(3)16(18)11-15(17)13(4)19-6-2/h10-11,13-14,19H,5-9H2,1-4H3. The van der Waals surface area contributed by atoms with Gasteiger partial charge in [-0.15, -0.1) is 0 Å². The number of aryl methyl sites for hydroxylation is 1. The molecule has 1 aliphatic rings. The molecule has 0 amide bonds. The van der Waals surface area contributed by atoms with E-state index in [1.807, 2.05) is 13.0 Å². The molecule has 3 heteroatoms. The Balaban J connectivity index is 2.39. The zero-order valence-electron chi connectivity index (χ0n) is 13.2. The molecular weight excluding hydrogens is 251 g/mol. The Morgan fingerprint density at radius 3 is 2.60 bits per heavy atom. The summed E-state index contributed by atoms with van der Waals surface area (Å²) in [6, 6.07) is 4.60. The molecule has 0 aromatic heterocycles. The van der Waals surface area contributed by atoms with Gasteiger partial charge in [0.15, 0.2) is 0 Å². The summed E-state index contributed by atoms with van der Waals surface area (Å²) in [4.78, 5) is 2.48. The van der Waals surface area contributed by atoms with Crippen LogP contribution in [0.15, 0.2) is 12.1 Å². The molecule has 1 atom stereocenters. The van der Waals surface area contributed by atoms with Crippen molar-refractivity contribution in [3.05, 3.63) is 29.1 Å². The largest absolute Gasteiger partial charge is 0.368 e. The Morgan fingerprint density at radius 2 is 2.05 bits per heavy atom.